The molecule has 1 heterocycles. The Bertz CT molecular complexity index is 870. The van der Waals surface area contributed by atoms with Gasteiger partial charge in [0.1, 0.15) is 11.6 Å². The lowest BCUT2D eigenvalue weighted by Gasteiger charge is -2.16. The van der Waals surface area contributed by atoms with Crippen LogP contribution in [-0.4, -0.2) is 29.7 Å². The third kappa shape index (κ3) is 4.08. The molecule has 1 atom stereocenters. The molecule has 134 valence electrons. The van der Waals surface area contributed by atoms with Crippen molar-refractivity contribution in [3.8, 4) is 5.75 Å². The van der Waals surface area contributed by atoms with Gasteiger partial charge in [-0.2, -0.15) is 5.10 Å². The van der Waals surface area contributed by atoms with Crippen molar-refractivity contribution in [1.82, 2.24) is 5.43 Å². The summed E-state index contributed by atoms with van der Waals surface area (Å²) in [5, 5.41) is 13.6. The second-order valence-corrected chi connectivity index (χ2v) is 6.73. The average molecular weight is 420 g/mol. The van der Waals surface area contributed by atoms with E-state index >= 15 is 0 Å². The molecule has 26 heavy (non-hydrogen) atoms. The molecule has 0 radical (unpaired) electrons. The highest BCUT2D eigenvalue weighted by atomic mass is 79.9. The highest BCUT2D eigenvalue weighted by Gasteiger charge is 2.35. The highest BCUT2D eigenvalue weighted by Crippen LogP contribution is 2.25. The number of halogens is 2. The summed E-state index contributed by atoms with van der Waals surface area (Å²) in [6.45, 7) is 0.202. The molecule has 1 fully saturated rings. The Hall–Kier alpha value is -2.74. The second-order valence-electron chi connectivity index (χ2n) is 5.82. The number of benzene rings is 2. The number of aromatic hydroxyl groups is 1. The molecule has 0 aromatic heterocycles. The molecule has 3 rings (SSSR count). The van der Waals surface area contributed by atoms with Crippen LogP contribution in [0.2, 0.25) is 0 Å². The zero-order valence-electron chi connectivity index (χ0n) is 13.5. The van der Waals surface area contributed by atoms with Gasteiger partial charge in [-0.25, -0.2) is 9.82 Å². The number of carbonyl (C=O) groups excluding carboxylic acids is 2. The van der Waals surface area contributed by atoms with Crippen molar-refractivity contribution in [3.63, 3.8) is 0 Å². The van der Waals surface area contributed by atoms with Crippen molar-refractivity contribution >= 4 is 39.6 Å². The third-order valence-corrected chi connectivity index (χ3v) is 4.50. The van der Waals surface area contributed by atoms with Gasteiger partial charge in [-0.05, 0) is 42.5 Å². The van der Waals surface area contributed by atoms with Gasteiger partial charge >= 0.3 is 0 Å². The van der Waals surface area contributed by atoms with Crippen molar-refractivity contribution in [2.45, 2.75) is 6.42 Å². The smallest absolute Gasteiger partial charge is 0.245 e. The van der Waals surface area contributed by atoms with Crippen LogP contribution in [0.1, 0.15) is 12.0 Å². The Morgan fingerprint density at radius 1 is 1.31 bits per heavy atom. The zero-order chi connectivity index (χ0) is 18.7. The number of rotatable bonds is 4. The van der Waals surface area contributed by atoms with Crippen molar-refractivity contribution in [2.24, 2.45) is 11.0 Å². The summed E-state index contributed by atoms with van der Waals surface area (Å²) < 4.78 is 13.8. The quantitative estimate of drug-likeness (QED) is 0.590. The van der Waals surface area contributed by atoms with Crippen LogP contribution in [0.25, 0.3) is 0 Å². The monoisotopic (exact) mass is 419 g/mol. The first-order chi connectivity index (χ1) is 12.4. The Labute approximate surface area is 157 Å². The fraction of sp³-hybridized carbons (Fsp3) is 0.167. The number of phenolic OH excluding ortho intramolecular Hbond substituents is 1. The van der Waals surface area contributed by atoms with Gasteiger partial charge in [0.15, 0.2) is 0 Å². The van der Waals surface area contributed by atoms with E-state index in [4.69, 9.17) is 0 Å². The second kappa shape index (κ2) is 7.65. The van der Waals surface area contributed by atoms with E-state index in [9.17, 15) is 19.1 Å². The van der Waals surface area contributed by atoms with Crippen LogP contribution < -0.4 is 10.3 Å². The van der Waals surface area contributed by atoms with E-state index in [1.54, 1.807) is 12.1 Å². The van der Waals surface area contributed by atoms with Crippen molar-refractivity contribution < 1.29 is 19.1 Å². The molecular weight excluding hydrogens is 405 g/mol. The third-order valence-electron chi connectivity index (χ3n) is 4.00. The van der Waals surface area contributed by atoms with Gasteiger partial charge in [-0.1, -0.05) is 15.9 Å². The van der Waals surface area contributed by atoms with E-state index in [-0.39, 0.29) is 30.4 Å². The Morgan fingerprint density at radius 2 is 2.04 bits per heavy atom. The molecule has 2 amide bonds. The van der Waals surface area contributed by atoms with E-state index < -0.39 is 11.8 Å². The Balaban J connectivity index is 1.62. The van der Waals surface area contributed by atoms with Crippen LogP contribution >= 0.6 is 15.9 Å². The minimum absolute atomic E-state index is 0.0322. The lowest BCUT2D eigenvalue weighted by atomic mass is 10.1. The van der Waals surface area contributed by atoms with Gasteiger partial charge in [0, 0.05) is 28.7 Å². The molecule has 2 N–H and O–H groups in total. The number of hydrogen-bond donors (Lipinski definition) is 2. The average Bonchev–Trinajstić information content (AvgIpc) is 3.00. The van der Waals surface area contributed by atoms with Crippen molar-refractivity contribution in [1.29, 1.82) is 0 Å². The lowest BCUT2D eigenvalue weighted by molar-refractivity contribution is -0.126. The molecule has 0 saturated carbocycles. The molecule has 8 heteroatoms. The SMILES string of the molecule is O=C(N/N=C\c1cc(Br)ccc1O)[C@@H]1CC(=O)N(c2ccc(F)cc2)C1. The van der Waals surface area contributed by atoms with Crippen LogP contribution in [-0.2, 0) is 9.59 Å². The molecule has 0 unspecified atom stereocenters. The number of carbonyl (C=O) groups is 2. The van der Waals surface area contributed by atoms with Crippen molar-refractivity contribution in [3.05, 3.63) is 58.3 Å². The minimum Gasteiger partial charge on any atom is -0.507 e. The molecule has 0 aliphatic carbocycles. The number of amides is 2. The van der Waals surface area contributed by atoms with E-state index in [0.717, 1.165) is 4.47 Å². The maximum Gasteiger partial charge on any atom is 0.245 e. The van der Waals surface area contributed by atoms with Gasteiger partial charge in [-0.3, -0.25) is 9.59 Å². The van der Waals surface area contributed by atoms with Crippen LogP contribution in [0, 0.1) is 11.7 Å². The predicted octanol–water partition coefficient (Wildman–Crippen LogP) is 2.80. The van der Waals surface area contributed by atoms with E-state index in [0.29, 0.717) is 11.3 Å². The fourth-order valence-corrected chi connectivity index (χ4v) is 3.02. The number of hydrogen-bond acceptors (Lipinski definition) is 4. The summed E-state index contributed by atoms with van der Waals surface area (Å²) in [5.41, 5.74) is 3.38. The normalized spacial score (nSPS) is 17.1. The standard InChI is InChI=1S/C18H15BrFN3O3/c19-13-1-6-16(24)11(7-13)9-21-22-18(26)12-8-17(25)23(10-12)15-4-2-14(20)3-5-15/h1-7,9,12,24H,8,10H2,(H,22,26)/b21-9-/t12-/m1/s1. The van der Waals surface area contributed by atoms with Gasteiger partial charge in [0.25, 0.3) is 0 Å². The van der Waals surface area contributed by atoms with Crippen LogP contribution in [0.15, 0.2) is 52.0 Å². The first-order valence-corrected chi connectivity index (χ1v) is 8.60. The molecule has 2 aromatic carbocycles. The summed E-state index contributed by atoms with van der Waals surface area (Å²) in [5.74, 6) is -1.51. The van der Waals surface area contributed by atoms with Gasteiger partial charge < -0.3 is 10.0 Å². The molecular formula is C18H15BrFN3O3. The molecule has 2 aromatic rings. The largest absolute Gasteiger partial charge is 0.507 e. The van der Waals surface area contributed by atoms with Crippen LogP contribution in [0.3, 0.4) is 0 Å². The fourth-order valence-electron chi connectivity index (χ4n) is 2.64. The zero-order valence-corrected chi connectivity index (χ0v) is 15.1. The molecule has 1 aliphatic heterocycles. The van der Waals surface area contributed by atoms with Gasteiger partial charge in [0.05, 0.1) is 12.1 Å². The first-order valence-electron chi connectivity index (χ1n) is 7.81. The maximum atomic E-state index is 13.0. The number of anilines is 1. The predicted molar refractivity (Wildman–Crippen MR) is 98.4 cm³/mol. The molecule has 6 nitrogen and oxygen atoms in total. The summed E-state index contributed by atoms with van der Waals surface area (Å²) in [4.78, 5) is 25.8. The van der Waals surface area contributed by atoms with Crippen LogP contribution in [0.5, 0.6) is 5.75 Å². The topological polar surface area (TPSA) is 82.0 Å². The first kappa shape index (κ1) is 18.1. The van der Waals surface area contributed by atoms with E-state index in [2.05, 4.69) is 26.5 Å². The Morgan fingerprint density at radius 3 is 2.77 bits per heavy atom. The number of hydrazone groups is 1. The lowest BCUT2D eigenvalue weighted by Crippen LogP contribution is -2.30. The molecule has 0 spiro atoms. The number of nitrogens with zero attached hydrogens (tertiary/aromatic N) is 2. The number of phenols is 1. The molecule has 0 bridgehead atoms. The summed E-state index contributed by atoms with van der Waals surface area (Å²) in [7, 11) is 0. The van der Waals surface area contributed by atoms with E-state index in [1.807, 2.05) is 0 Å². The summed E-state index contributed by atoms with van der Waals surface area (Å²) in [6, 6.07) is 10.4. The summed E-state index contributed by atoms with van der Waals surface area (Å²) in [6.07, 6.45) is 1.38. The molecule has 1 aliphatic rings. The highest BCUT2D eigenvalue weighted by molar-refractivity contribution is 9.10. The van der Waals surface area contributed by atoms with Crippen molar-refractivity contribution in [2.75, 3.05) is 11.4 Å². The summed E-state index contributed by atoms with van der Waals surface area (Å²) >= 11 is 3.28. The van der Waals surface area contributed by atoms with Gasteiger partial charge in [-0.15, -0.1) is 0 Å². The van der Waals surface area contributed by atoms with Crippen LogP contribution in [0.4, 0.5) is 10.1 Å². The van der Waals surface area contributed by atoms with Gasteiger partial charge in [0.2, 0.25) is 11.8 Å². The molecule has 1 saturated heterocycles. The number of nitrogens with one attached hydrogen (secondary N) is 1. The maximum absolute atomic E-state index is 13.0. The Kier molecular flexibility index (Phi) is 5.32. The van der Waals surface area contributed by atoms with E-state index in [1.165, 1.54) is 41.4 Å². The minimum atomic E-state index is -0.555.